The number of carbonyl (C=O) groups excluding carboxylic acids is 2. The molecule has 3 rings (SSSR count). The summed E-state index contributed by atoms with van der Waals surface area (Å²) in [7, 11) is 0. The number of hydrogen-bond acceptors (Lipinski definition) is 3. The Labute approximate surface area is 168 Å². The van der Waals surface area contributed by atoms with Crippen LogP contribution in [0.25, 0.3) is 0 Å². The number of ether oxygens (including phenoxy) is 1. The van der Waals surface area contributed by atoms with Gasteiger partial charge >= 0.3 is 6.09 Å². The topological polar surface area (TPSA) is 67.4 Å². The highest BCUT2D eigenvalue weighted by molar-refractivity contribution is 5.96. The average molecular weight is 392 g/mol. The maximum atomic E-state index is 13.1. The molecule has 0 aromatic heterocycles. The van der Waals surface area contributed by atoms with Crippen LogP contribution in [-0.2, 0) is 22.6 Å². The summed E-state index contributed by atoms with van der Waals surface area (Å²) in [6.07, 6.45) is -0.405. The lowest BCUT2D eigenvalue weighted by Crippen LogP contribution is -2.45. The van der Waals surface area contributed by atoms with Crippen LogP contribution in [-0.4, -0.2) is 18.0 Å². The highest BCUT2D eigenvalue weighted by Crippen LogP contribution is 2.11. The third kappa shape index (κ3) is 6.46. The third-order valence-corrected chi connectivity index (χ3v) is 4.22. The summed E-state index contributed by atoms with van der Waals surface area (Å²) in [6.45, 7) is 0.101. The summed E-state index contributed by atoms with van der Waals surface area (Å²) < 4.78 is 18.3. The van der Waals surface area contributed by atoms with Crippen molar-refractivity contribution in [2.24, 2.45) is 0 Å². The van der Waals surface area contributed by atoms with Gasteiger partial charge in [0.15, 0.2) is 0 Å². The second-order valence-corrected chi connectivity index (χ2v) is 6.44. The fraction of sp³-hybridized carbons (Fsp3) is 0.130. The highest BCUT2D eigenvalue weighted by atomic mass is 19.1. The Morgan fingerprint density at radius 2 is 1.41 bits per heavy atom. The summed E-state index contributed by atoms with van der Waals surface area (Å²) in [5.41, 5.74) is 2.17. The van der Waals surface area contributed by atoms with E-state index in [1.165, 1.54) is 24.3 Å². The number of anilines is 1. The lowest BCUT2D eigenvalue weighted by Gasteiger charge is -2.18. The quantitative estimate of drug-likeness (QED) is 0.630. The molecule has 3 aromatic carbocycles. The molecule has 0 heterocycles. The van der Waals surface area contributed by atoms with Crippen LogP contribution in [0, 0.1) is 5.82 Å². The summed E-state index contributed by atoms with van der Waals surface area (Å²) in [4.78, 5) is 25.0. The minimum atomic E-state index is -0.856. The second-order valence-electron chi connectivity index (χ2n) is 6.44. The van der Waals surface area contributed by atoms with Crippen molar-refractivity contribution < 1.29 is 18.7 Å². The number of carbonyl (C=O) groups is 2. The first-order valence-corrected chi connectivity index (χ1v) is 9.18. The predicted molar refractivity (Wildman–Crippen MR) is 109 cm³/mol. The molecule has 1 unspecified atom stereocenters. The highest BCUT2D eigenvalue weighted by Gasteiger charge is 2.22. The van der Waals surface area contributed by atoms with Crippen LogP contribution in [0.3, 0.4) is 0 Å². The molecular weight excluding hydrogens is 371 g/mol. The van der Waals surface area contributed by atoms with E-state index >= 15 is 0 Å². The van der Waals surface area contributed by atoms with Gasteiger partial charge in [-0.3, -0.25) is 4.79 Å². The molecule has 2 N–H and O–H groups in total. The first-order valence-electron chi connectivity index (χ1n) is 9.18. The Kier molecular flexibility index (Phi) is 6.95. The van der Waals surface area contributed by atoms with Gasteiger partial charge in [0.2, 0.25) is 5.91 Å². The van der Waals surface area contributed by atoms with E-state index in [-0.39, 0.29) is 13.0 Å². The maximum absolute atomic E-state index is 13.1. The number of nitrogens with one attached hydrogen (secondary N) is 2. The van der Waals surface area contributed by atoms with Crippen molar-refractivity contribution >= 4 is 17.7 Å². The van der Waals surface area contributed by atoms with Crippen molar-refractivity contribution in [2.75, 3.05) is 5.32 Å². The Morgan fingerprint density at radius 3 is 2.03 bits per heavy atom. The summed E-state index contributed by atoms with van der Waals surface area (Å²) in [5.74, 6) is -0.816. The zero-order chi connectivity index (χ0) is 20.5. The van der Waals surface area contributed by atoms with Crippen LogP contribution < -0.4 is 10.6 Å². The Morgan fingerprint density at radius 1 is 0.828 bits per heavy atom. The summed E-state index contributed by atoms with van der Waals surface area (Å²) >= 11 is 0. The van der Waals surface area contributed by atoms with E-state index in [9.17, 15) is 14.0 Å². The van der Waals surface area contributed by atoms with Gasteiger partial charge in [-0.1, -0.05) is 60.7 Å². The largest absolute Gasteiger partial charge is 0.445 e. The molecule has 0 bridgehead atoms. The molecule has 3 aromatic rings. The monoisotopic (exact) mass is 392 g/mol. The van der Waals surface area contributed by atoms with Gasteiger partial charge in [-0.15, -0.1) is 0 Å². The van der Waals surface area contributed by atoms with Gasteiger partial charge in [-0.2, -0.15) is 0 Å². The molecule has 0 saturated heterocycles. The number of halogens is 1. The molecular formula is C23H21FN2O3. The van der Waals surface area contributed by atoms with E-state index in [0.29, 0.717) is 5.69 Å². The summed E-state index contributed by atoms with van der Waals surface area (Å²) in [5, 5.41) is 5.31. The van der Waals surface area contributed by atoms with E-state index in [0.717, 1.165) is 11.1 Å². The maximum Gasteiger partial charge on any atom is 0.408 e. The van der Waals surface area contributed by atoms with Gasteiger partial charge in [0.05, 0.1) is 0 Å². The average Bonchev–Trinajstić information content (AvgIpc) is 2.75. The molecule has 0 aliphatic heterocycles. The van der Waals surface area contributed by atoms with Crippen molar-refractivity contribution in [3.8, 4) is 0 Å². The number of rotatable bonds is 7. The molecule has 0 radical (unpaired) electrons. The molecule has 1 atom stereocenters. The van der Waals surface area contributed by atoms with Crippen molar-refractivity contribution in [2.45, 2.75) is 19.1 Å². The van der Waals surface area contributed by atoms with Crippen molar-refractivity contribution in [1.29, 1.82) is 0 Å². The molecule has 2 amide bonds. The van der Waals surface area contributed by atoms with Gasteiger partial charge in [0.25, 0.3) is 0 Å². The summed E-state index contributed by atoms with van der Waals surface area (Å²) in [6, 6.07) is 23.2. The standard InChI is InChI=1S/C23H21FN2O3/c24-19-11-13-20(14-12-19)25-22(27)21(15-17-7-3-1-4-8-17)26-23(28)29-16-18-9-5-2-6-10-18/h1-14,21H,15-16H2,(H,25,27)(H,26,28). The van der Waals surface area contributed by atoms with Gasteiger partial charge in [0.1, 0.15) is 18.5 Å². The van der Waals surface area contributed by atoms with Crippen molar-refractivity contribution in [3.63, 3.8) is 0 Å². The van der Waals surface area contributed by atoms with Gasteiger partial charge in [-0.05, 0) is 35.4 Å². The van der Waals surface area contributed by atoms with Crippen LogP contribution in [0.1, 0.15) is 11.1 Å². The van der Waals surface area contributed by atoms with Crippen LogP contribution in [0.5, 0.6) is 0 Å². The van der Waals surface area contributed by atoms with Crippen LogP contribution >= 0.6 is 0 Å². The zero-order valence-electron chi connectivity index (χ0n) is 15.7. The van der Waals surface area contributed by atoms with Crippen LogP contribution in [0.2, 0.25) is 0 Å². The van der Waals surface area contributed by atoms with Gasteiger partial charge in [-0.25, -0.2) is 9.18 Å². The number of amides is 2. The number of hydrogen-bond donors (Lipinski definition) is 2. The normalized spacial score (nSPS) is 11.3. The second kappa shape index (κ2) is 10.0. The molecule has 0 aliphatic rings. The molecule has 29 heavy (non-hydrogen) atoms. The first-order chi connectivity index (χ1) is 14.1. The van der Waals surface area contributed by atoms with E-state index in [4.69, 9.17) is 4.74 Å². The first kappa shape index (κ1) is 20.1. The minimum Gasteiger partial charge on any atom is -0.445 e. The third-order valence-electron chi connectivity index (χ3n) is 4.22. The molecule has 148 valence electrons. The predicted octanol–water partition coefficient (Wildman–Crippen LogP) is 4.30. The SMILES string of the molecule is O=C(NC(Cc1ccccc1)C(=O)Nc1ccc(F)cc1)OCc1ccccc1. The van der Waals surface area contributed by atoms with E-state index in [1.54, 1.807) is 0 Å². The van der Waals surface area contributed by atoms with Crippen LogP contribution in [0.15, 0.2) is 84.9 Å². The molecule has 0 fully saturated rings. The molecule has 0 saturated carbocycles. The van der Waals surface area contributed by atoms with Gasteiger partial charge < -0.3 is 15.4 Å². The smallest absolute Gasteiger partial charge is 0.408 e. The Balaban J connectivity index is 1.65. The number of benzene rings is 3. The van der Waals surface area contributed by atoms with Crippen molar-refractivity contribution in [3.05, 3.63) is 102 Å². The minimum absolute atomic E-state index is 0.101. The van der Waals surface area contributed by atoms with Gasteiger partial charge in [0, 0.05) is 12.1 Å². The fourth-order valence-electron chi connectivity index (χ4n) is 2.73. The molecule has 5 nitrogen and oxygen atoms in total. The van der Waals surface area contributed by atoms with E-state index in [1.807, 2.05) is 60.7 Å². The lowest BCUT2D eigenvalue weighted by molar-refractivity contribution is -0.118. The molecule has 0 aliphatic carbocycles. The molecule has 6 heteroatoms. The van der Waals surface area contributed by atoms with E-state index < -0.39 is 23.9 Å². The van der Waals surface area contributed by atoms with Crippen LogP contribution in [0.4, 0.5) is 14.9 Å². The van der Waals surface area contributed by atoms with E-state index in [2.05, 4.69) is 10.6 Å². The lowest BCUT2D eigenvalue weighted by atomic mass is 10.1. The molecule has 0 spiro atoms. The van der Waals surface area contributed by atoms with Crippen molar-refractivity contribution in [1.82, 2.24) is 5.32 Å². The Hall–Kier alpha value is -3.67. The zero-order valence-corrected chi connectivity index (χ0v) is 15.7. The Bertz CT molecular complexity index is 931. The number of alkyl carbamates (subject to hydrolysis) is 1. The fourth-order valence-corrected chi connectivity index (χ4v) is 2.73.